The van der Waals surface area contributed by atoms with Crippen LogP contribution in [0.4, 0.5) is 5.69 Å². The summed E-state index contributed by atoms with van der Waals surface area (Å²) in [7, 11) is -3.83. The van der Waals surface area contributed by atoms with Gasteiger partial charge in [0.15, 0.2) is 0 Å². The molecule has 4 rings (SSSR count). The van der Waals surface area contributed by atoms with Gasteiger partial charge >= 0.3 is 0 Å². The van der Waals surface area contributed by atoms with E-state index in [0.29, 0.717) is 33.4 Å². The Balaban J connectivity index is 1.61. The van der Waals surface area contributed by atoms with Crippen LogP contribution in [0.25, 0.3) is 10.9 Å². The third-order valence-electron chi connectivity index (χ3n) is 4.15. The Morgan fingerprint density at radius 1 is 1.00 bits per heavy atom. The summed E-state index contributed by atoms with van der Waals surface area (Å²) < 4.78 is 29.8. The van der Waals surface area contributed by atoms with Crippen LogP contribution < -0.4 is 4.72 Å². The number of anilines is 1. The minimum Gasteiger partial charge on any atom is -0.276 e. The van der Waals surface area contributed by atoms with Crippen molar-refractivity contribution in [1.82, 2.24) is 14.8 Å². The van der Waals surface area contributed by atoms with E-state index in [1.165, 1.54) is 12.3 Å². The predicted octanol–water partition coefficient (Wildman–Crippen LogP) is 4.59. The number of aromatic nitrogens is 3. The van der Waals surface area contributed by atoms with E-state index in [0.717, 1.165) is 5.39 Å². The predicted molar refractivity (Wildman–Crippen MR) is 110 cm³/mol. The molecule has 28 heavy (non-hydrogen) atoms. The second kappa shape index (κ2) is 7.43. The molecule has 0 unspecified atom stereocenters. The van der Waals surface area contributed by atoms with Gasteiger partial charge in [-0.2, -0.15) is 5.10 Å². The second-order valence-electron chi connectivity index (χ2n) is 6.06. The summed E-state index contributed by atoms with van der Waals surface area (Å²) in [5, 5.41) is 5.98. The van der Waals surface area contributed by atoms with Crippen LogP contribution >= 0.6 is 23.2 Å². The Hall–Kier alpha value is -2.61. The fourth-order valence-electron chi connectivity index (χ4n) is 2.85. The molecule has 4 aromatic rings. The van der Waals surface area contributed by atoms with Crippen LogP contribution in [-0.4, -0.2) is 23.2 Å². The SMILES string of the molecule is O=S(=O)(Nc1cnn(Cc2c(Cl)cccc2Cl)c1)c1cccc2cccnc12. The van der Waals surface area contributed by atoms with E-state index in [4.69, 9.17) is 23.2 Å². The van der Waals surface area contributed by atoms with Crippen LogP contribution in [0.5, 0.6) is 0 Å². The van der Waals surface area contributed by atoms with Crippen molar-refractivity contribution < 1.29 is 8.42 Å². The molecule has 6 nitrogen and oxygen atoms in total. The van der Waals surface area contributed by atoms with Gasteiger partial charge in [0.1, 0.15) is 4.90 Å². The molecule has 0 amide bonds. The maximum atomic E-state index is 12.9. The minimum atomic E-state index is -3.83. The lowest BCUT2D eigenvalue weighted by atomic mass is 10.2. The lowest BCUT2D eigenvalue weighted by Gasteiger charge is -2.08. The molecule has 0 spiro atoms. The zero-order chi connectivity index (χ0) is 19.7. The number of nitrogens with zero attached hydrogens (tertiary/aromatic N) is 3. The van der Waals surface area contributed by atoms with Gasteiger partial charge in [0, 0.05) is 33.4 Å². The first kappa shape index (κ1) is 18.7. The molecule has 2 aromatic carbocycles. The van der Waals surface area contributed by atoms with E-state index in [1.54, 1.807) is 47.4 Å². The lowest BCUT2D eigenvalue weighted by molar-refractivity contribution is 0.602. The molecule has 0 radical (unpaired) electrons. The van der Waals surface area contributed by atoms with Crippen molar-refractivity contribution in [2.75, 3.05) is 4.72 Å². The monoisotopic (exact) mass is 432 g/mol. The number of fused-ring (bicyclic) bond motifs is 1. The fourth-order valence-corrected chi connectivity index (χ4v) is 4.58. The van der Waals surface area contributed by atoms with E-state index in [1.807, 2.05) is 12.1 Å². The number of nitrogens with one attached hydrogen (secondary N) is 1. The van der Waals surface area contributed by atoms with Gasteiger partial charge in [0.25, 0.3) is 10.0 Å². The van der Waals surface area contributed by atoms with Gasteiger partial charge < -0.3 is 0 Å². The molecule has 0 bridgehead atoms. The van der Waals surface area contributed by atoms with Crippen molar-refractivity contribution in [3.8, 4) is 0 Å². The quantitative estimate of drug-likeness (QED) is 0.500. The first-order chi connectivity index (χ1) is 13.4. The van der Waals surface area contributed by atoms with E-state index >= 15 is 0 Å². The first-order valence-corrected chi connectivity index (χ1v) is 10.5. The van der Waals surface area contributed by atoms with E-state index in [2.05, 4.69) is 14.8 Å². The smallest absolute Gasteiger partial charge is 0.264 e. The van der Waals surface area contributed by atoms with Crippen molar-refractivity contribution in [2.24, 2.45) is 0 Å². The zero-order valence-electron chi connectivity index (χ0n) is 14.4. The average molecular weight is 433 g/mol. The number of hydrogen-bond acceptors (Lipinski definition) is 4. The summed E-state index contributed by atoms with van der Waals surface area (Å²) in [6, 6.07) is 13.8. The number of sulfonamides is 1. The highest BCUT2D eigenvalue weighted by molar-refractivity contribution is 7.93. The Morgan fingerprint density at radius 2 is 1.71 bits per heavy atom. The molecule has 9 heteroatoms. The van der Waals surface area contributed by atoms with E-state index in [-0.39, 0.29) is 4.90 Å². The molecule has 0 atom stereocenters. The zero-order valence-corrected chi connectivity index (χ0v) is 16.7. The number of halogens is 2. The summed E-state index contributed by atoms with van der Waals surface area (Å²) in [5.41, 5.74) is 1.45. The number of rotatable bonds is 5. The lowest BCUT2D eigenvalue weighted by Crippen LogP contribution is -2.13. The first-order valence-electron chi connectivity index (χ1n) is 8.26. The van der Waals surface area contributed by atoms with Crippen LogP contribution in [0.3, 0.4) is 0 Å². The van der Waals surface area contributed by atoms with Crippen molar-refractivity contribution >= 4 is 49.8 Å². The highest BCUT2D eigenvalue weighted by Crippen LogP contribution is 2.26. The Morgan fingerprint density at radius 3 is 2.50 bits per heavy atom. The van der Waals surface area contributed by atoms with Crippen molar-refractivity contribution in [2.45, 2.75) is 11.4 Å². The molecule has 2 aromatic heterocycles. The molecule has 142 valence electrons. The summed E-state index contributed by atoms with van der Waals surface area (Å²) in [5.74, 6) is 0. The van der Waals surface area contributed by atoms with Crippen LogP contribution in [-0.2, 0) is 16.6 Å². The molecule has 0 aliphatic carbocycles. The van der Waals surface area contributed by atoms with Crippen molar-refractivity contribution in [3.05, 3.63) is 82.7 Å². The van der Waals surface area contributed by atoms with Gasteiger partial charge in [-0.05, 0) is 24.3 Å². The minimum absolute atomic E-state index is 0.104. The Bertz CT molecular complexity index is 1250. The molecule has 2 heterocycles. The van der Waals surface area contributed by atoms with Gasteiger partial charge in [-0.25, -0.2) is 8.42 Å². The third-order valence-corrected chi connectivity index (χ3v) is 6.27. The number of benzene rings is 2. The van der Waals surface area contributed by atoms with Gasteiger partial charge in [-0.1, -0.05) is 47.5 Å². The highest BCUT2D eigenvalue weighted by Gasteiger charge is 2.19. The van der Waals surface area contributed by atoms with Gasteiger partial charge in [-0.15, -0.1) is 0 Å². The van der Waals surface area contributed by atoms with Gasteiger partial charge in [0.05, 0.1) is 23.9 Å². The molecule has 1 N–H and O–H groups in total. The van der Waals surface area contributed by atoms with Crippen LogP contribution in [0, 0.1) is 0 Å². The summed E-state index contributed by atoms with van der Waals surface area (Å²) >= 11 is 12.4. The molecule has 0 aliphatic rings. The van der Waals surface area contributed by atoms with Gasteiger partial charge in [-0.3, -0.25) is 14.4 Å². The fraction of sp³-hybridized carbons (Fsp3) is 0.0526. The normalized spacial score (nSPS) is 11.6. The average Bonchev–Trinajstić information content (AvgIpc) is 3.10. The topological polar surface area (TPSA) is 76.9 Å². The second-order valence-corrected chi connectivity index (χ2v) is 8.53. The highest BCUT2D eigenvalue weighted by atomic mass is 35.5. The standard InChI is InChI=1S/C19H14Cl2N4O2S/c20-16-6-2-7-17(21)15(16)12-25-11-14(10-23-25)24-28(26,27)18-8-1-4-13-5-3-9-22-19(13)18/h1-11,24H,12H2. The number of para-hydroxylation sites is 1. The number of hydrogen-bond donors (Lipinski definition) is 1. The van der Waals surface area contributed by atoms with E-state index < -0.39 is 10.0 Å². The summed E-state index contributed by atoms with van der Waals surface area (Å²) in [6.45, 7) is 0.316. The molecule has 0 saturated heterocycles. The molecule has 0 aliphatic heterocycles. The van der Waals surface area contributed by atoms with Crippen molar-refractivity contribution in [3.63, 3.8) is 0 Å². The molecular formula is C19H14Cl2N4O2S. The van der Waals surface area contributed by atoms with Crippen LogP contribution in [0.2, 0.25) is 10.0 Å². The maximum absolute atomic E-state index is 12.9. The Labute approximate surface area is 171 Å². The maximum Gasteiger partial charge on any atom is 0.264 e. The van der Waals surface area contributed by atoms with Gasteiger partial charge in [0.2, 0.25) is 0 Å². The van der Waals surface area contributed by atoms with Crippen LogP contribution in [0.1, 0.15) is 5.56 Å². The van der Waals surface area contributed by atoms with E-state index in [9.17, 15) is 8.42 Å². The Kier molecular flexibility index (Phi) is 4.97. The van der Waals surface area contributed by atoms with Crippen LogP contribution in [0.15, 0.2) is 72.0 Å². The van der Waals surface area contributed by atoms with Crippen molar-refractivity contribution in [1.29, 1.82) is 0 Å². The summed E-state index contributed by atoms with van der Waals surface area (Å²) in [6.07, 6.45) is 4.57. The largest absolute Gasteiger partial charge is 0.276 e. The molecular weight excluding hydrogens is 419 g/mol. The molecule has 0 saturated carbocycles. The third kappa shape index (κ3) is 3.69. The summed E-state index contributed by atoms with van der Waals surface area (Å²) in [4.78, 5) is 4.30. The number of pyridine rings is 1. The molecule has 0 fully saturated rings.